The number of carbonyl (C=O) groups is 3. The number of carboxylic acid groups (broad SMARTS) is 1. The van der Waals surface area contributed by atoms with E-state index in [1.807, 2.05) is 36.4 Å². The lowest BCUT2D eigenvalue weighted by atomic mass is 9.64. The molecule has 2 amide bonds. The number of likely N-dealkylation sites (tertiary alicyclic amines) is 1. The van der Waals surface area contributed by atoms with Crippen LogP contribution in [0.2, 0.25) is 0 Å². The van der Waals surface area contributed by atoms with Crippen molar-refractivity contribution < 1.29 is 32.7 Å². The van der Waals surface area contributed by atoms with Gasteiger partial charge in [0, 0.05) is 47.9 Å². The lowest BCUT2D eigenvalue weighted by Crippen LogP contribution is -2.59. The molecule has 2 N–H and O–H groups in total. The number of aliphatic carboxylic acids is 1. The Labute approximate surface area is 306 Å². The molecule has 1 unspecified atom stereocenters. The third-order valence-electron chi connectivity index (χ3n) is 10.9. The number of nitrogens with zero attached hydrogens (tertiary/aromatic N) is 3. The summed E-state index contributed by atoms with van der Waals surface area (Å²) in [6, 6.07) is 10.3. The topological polar surface area (TPSA) is 112 Å². The molecule has 1 aliphatic heterocycles. The maximum Gasteiger partial charge on any atom is 0.391 e. The Balaban J connectivity index is 1.09. The Morgan fingerprint density at radius 2 is 1.63 bits per heavy atom. The Kier molecular flexibility index (Phi) is 10.5. The summed E-state index contributed by atoms with van der Waals surface area (Å²) in [7, 11) is 0. The highest BCUT2D eigenvalue weighted by Gasteiger charge is 2.44. The first-order valence-electron chi connectivity index (χ1n) is 17.8. The highest BCUT2D eigenvalue weighted by atomic mass is 32.1. The molecule has 3 aliphatic rings. The van der Waals surface area contributed by atoms with Crippen LogP contribution in [0.4, 0.5) is 13.2 Å². The molecule has 3 heterocycles. The molecule has 2 aromatic heterocycles. The number of benzene rings is 1. The first-order chi connectivity index (χ1) is 24.5. The zero-order valence-electron chi connectivity index (χ0n) is 29.9. The van der Waals surface area contributed by atoms with E-state index >= 15 is 0 Å². The van der Waals surface area contributed by atoms with Crippen LogP contribution < -0.4 is 5.32 Å². The normalized spacial score (nSPS) is 23.1. The molecule has 276 valence electrons. The van der Waals surface area contributed by atoms with Gasteiger partial charge in [-0.15, -0.1) is 11.3 Å². The molecular formula is C40H45F3N4O4S. The van der Waals surface area contributed by atoms with Crippen molar-refractivity contribution in [2.45, 2.75) is 83.9 Å². The molecule has 12 heteroatoms. The van der Waals surface area contributed by atoms with Gasteiger partial charge in [-0.2, -0.15) is 13.2 Å². The van der Waals surface area contributed by atoms with Crippen LogP contribution in [0.1, 0.15) is 85.5 Å². The summed E-state index contributed by atoms with van der Waals surface area (Å²) >= 11 is 1.39. The number of hydrogen-bond acceptors (Lipinski definition) is 6. The number of aromatic nitrogens is 2. The summed E-state index contributed by atoms with van der Waals surface area (Å²) in [5.41, 5.74) is 3.13. The second kappa shape index (κ2) is 14.6. The molecule has 1 saturated carbocycles. The van der Waals surface area contributed by atoms with Gasteiger partial charge < -0.3 is 15.3 Å². The summed E-state index contributed by atoms with van der Waals surface area (Å²) < 4.78 is 39.5. The van der Waals surface area contributed by atoms with Gasteiger partial charge in [0.2, 0.25) is 5.91 Å². The zero-order chi connectivity index (χ0) is 37.4. The maximum absolute atomic E-state index is 13.5. The first-order valence-corrected chi connectivity index (χ1v) is 18.6. The van der Waals surface area contributed by atoms with Crippen molar-refractivity contribution in [2.75, 3.05) is 13.1 Å². The van der Waals surface area contributed by atoms with E-state index in [-0.39, 0.29) is 60.9 Å². The van der Waals surface area contributed by atoms with Gasteiger partial charge in [0.05, 0.1) is 16.7 Å². The van der Waals surface area contributed by atoms with Crippen LogP contribution in [0.25, 0.3) is 17.0 Å². The summed E-state index contributed by atoms with van der Waals surface area (Å²) in [4.78, 5) is 50.4. The molecule has 2 aliphatic carbocycles. The second-order valence-electron chi connectivity index (χ2n) is 15.7. The Morgan fingerprint density at radius 3 is 2.17 bits per heavy atom. The predicted molar refractivity (Wildman–Crippen MR) is 194 cm³/mol. The number of carboxylic acids is 1. The van der Waals surface area contributed by atoms with Crippen LogP contribution in [0, 0.1) is 23.2 Å². The maximum atomic E-state index is 13.5. The van der Waals surface area contributed by atoms with Crippen molar-refractivity contribution in [3.63, 3.8) is 0 Å². The molecule has 1 saturated heterocycles. The first kappa shape index (κ1) is 37.4. The lowest BCUT2D eigenvalue weighted by Gasteiger charge is -2.41. The van der Waals surface area contributed by atoms with E-state index in [1.165, 1.54) is 16.2 Å². The van der Waals surface area contributed by atoms with Gasteiger partial charge in [0.1, 0.15) is 6.04 Å². The van der Waals surface area contributed by atoms with Crippen LogP contribution in [-0.4, -0.2) is 63.1 Å². The van der Waals surface area contributed by atoms with Crippen molar-refractivity contribution >= 4 is 34.7 Å². The number of carbonyl (C=O) groups excluding carboxylic acids is 2. The van der Waals surface area contributed by atoms with E-state index in [1.54, 1.807) is 18.5 Å². The zero-order valence-corrected chi connectivity index (χ0v) is 30.7. The number of amides is 2. The number of alkyl halides is 3. The number of rotatable bonds is 9. The van der Waals surface area contributed by atoms with E-state index in [0.29, 0.717) is 23.5 Å². The smallest absolute Gasteiger partial charge is 0.391 e. The SMILES string of the molecule is CC(C)(C)c1ccc(C(=O)N[C@@H](Cc2ccc(-c3ncc(C4=CCC(C)([C@H]5CC[C@H](C(F)(F)F)CC5)C=C4)cn3)cc2)C(=O)N2CC(C(=O)O)C2)s1. The van der Waals surface area contributed by atoms with E-state index in [0.717, 1.165) is 33.6 Å². The van der Waals surface area contributed by atoms with E-state index in [4.69, 9.17) is 0 Å². The Bertz CT molecular complexity index is 1850. The molecule has 2 atom stereocenters. The molecule has 8 nitrogen and oxygen atoms in total. The second-order valence-corrected chi connectivity index (χ2v) is 16.8. The molecule has 2 fully saturated rings. The lowest BCUT2D eigenvalue weighted by molar-refractivity contribution is -0.185. The molecule has 0 radical (unpaired) electrons. The van der Waals surface area contributed by atoms with Gasteiger partial charge in [0.25, 0.3) is 5.91 Å². The number of halogens is 3. The molecule has 1 aromatic carbocycles. The van der Waals surface area contributed by atoms with Crippen molar-refractivity contribution in [1.82, 2.24) is 20.2 Å². The van der Waals surface area contributed by atoms with Crippen molar-refractivity contribution in [3.05, 3.63) is 87.9 Å². The third-order valence-corrected chi connectivity index (χ3v) is 12.4. The molecule has 0 bridgehead atoms. The number of allylic oxidation sites excluding steroid dienone is 4. The van der Waals surface area contributed by atoms with Crippen LogP contribution in [0.5, 0.6) is 0 Å². The van der Waals surface area contributed by atoms with Gasteiger partial charge in [-0.1, -0.05) is 70.2 Å². The van der Waals surface area contributed by atoms with Crippen LogP contribution in [-0.2, 0) is 21.4 Å². The van der Waals surface area contributed by atoms with E-state index in [9.17, 15) is 32.7 Å². The summed E-state index contributed by atoms with van der Waals surface area (Å²) in [6.45, 7) is 8.57. The van der Waals surface area contributed by atoms with Gasteiger partial charge in [-0.25, -0.2) is 9.97 Å². The van der Waals surface area contributed by atoms with Gasteiger partial charge in [-0.3, -0.25) is 14.4 Å². The summed E-state index contributed by atoms with van der Waals surface area (Å²) in [6.07, 6.45) is 8.25. The molecule has 52 heavy (non-hydrogen) atoms. The fourth-order valence-corrected chi connectivity index (χ4v) is 8.29. The number of nitrogens with one attached hydrogen (secondary N) is 1. The predicted octanol–water partition coefficient (Wildman–Crippen LogP) is 8.11. The van der Waals surface area contributed by atoms with Crippen LogP contribution >= 0.6 is 11.3 Å². The minimum atomic E-state index is -4.11. The highest BCUT2D eigenvalue weighted by Crippen LogP contribution is 2.49. The monoisotopic (exact) mass is 734 g/mol. The highest BCUT2D eigenvalue weighted by molar-refractivity contribution is 7.14. The Hall–Kier alpha value is -4.32. The van der Waals surface area contributed by atoms with Crippen molar-refractivity contribution in [1.29, 1.82) is 0 Å². The number of hydrogen-bond donors (Lipinski definition) is 2. The fourth-order valence-electron chi connectivity index (χ4n) is 7.32. The molecule has 0 spiro atoms. The molecule has 6 rings (SSSR count). The average molecular weight is 735 g/mol. The van der Waals surface area contributed by atoms with Gasteiger partial charge >= 0.3 is 12.1 Å². The van der Waals surface area contributed by atoms with Crippen molar-refractivity contribution in [2.24, 2.45) is 23.2 Å². The molecular weight excluding hydrogens is 690 g/mol. The van der Waals surface area contributed by atoms with Crippen molar-refractivity contribution in [3.8, 4) is 11.4 Å². The van der Waals surface area contributed by atoms with E-state index in [2.05, 4.69) is 55.1 Å². The summed E-state index contributed by atoms with van der Waals surface area (Å²) in [5.74, 6) is -2.66. The third kappa shape index (κ3) is 8.32. The standard InChI is InChI=1S/C40H45F3N4O4S/c1-38(2,3)33-14-13-32(52-33)35(48)46-31(36(49)47-22-28(23-47)37(50)51)19-24-5-7-26(8-6-24)34-44-20-27(21-45-34)25-15-17-39(4,18-16-25)29-9-11-30(12-10-29)40(41,42)43/h5-8,13-17,20-21,28-31H,9-12,18-19,22-23H2,1-4H3,(H,46,48)(H,50,51)/t29-,30-,31-,39?/m0/s1. The van der Waals surface area contributed by atoms with Gasteiger partial charge in [0.15, 0.2) is 5.82 Å². The van der Waals surface area contributed by atoms with Gasteiger partial charge in [-0.05, 0) is 72.1 Å². The minimum absolute atomic E-state index is 0.109. The van der Waals surface area contributed by atoms with E-state index < -0.39 is 30.0 Å². The quantitative estimate of drug-likeness (QED) is 0.230. The fraction of sp³-hybridized carbons (Fsp3) is 0.475. The average Bonchev–Trinajstić information content (AvgIpc) is 3.60. The Morgan fingerprint density at radius 1 is 0.981 bits per heavy atom. The number of thiophene rings is 1. The van der Waals surface area contributed by atoms with Crippen LogP contribution in [0.15, 0.2) is 67.0 Å². The summed E-state index contributed by atoms with van der Waals surface area (Å²) in [5, 5.41) is 12.2. The largest absolute Gasteiger partial charge is 0.481 e. The van der Waals surface area contributed by atoms with Crippen LogP contribution in [0.3, 0.4) is 0 Å². The molecule has 3 aromatic rings. The minimum Gasteiger partial charge on any atom is -0.481 e.